The van der Waals surface area contributed by atoms with Crippen LogP contribution in [0.3, 0.4) is 0 Å². The Morgan fingerprint density at radius 1 is 1.06 bits per heavy atom. The van der Waals surface area contributed by atoms with Gasteiger partial charge in [-0.05, 0) is 49.1 Å². The Labute approximate surface area is 279 Å². The van der Waals surface area contributed by atoms with Crippen molar-refractivity contribution in [3.8, 4) is 17.2 Å². The maximum absolute atomic E-state index is 13.9. The molecular formula is C33H41N3O11S. The topological polar surface area (TPSA) is 168 Å². The first kappa shape index (κ1) is 34.0. The number of sulfonamides is 1. The third-order valence-corrected chi connectivity index (χ3v) is 10.3. The molecule has 48 heavy (non-hydrogen) atoms. The monoisotopic (exact) mass is 687 g/mol. The van der Waals surface area contributed by atoms with E-state index in [0.29, 0.717) is 41.9 Å². The molecule has 0 unspecified atom stereocenters. The first-order valence-corrected chi connectivity index (χ1v) is 17.4. The van der Waals surface area contributed by atoms with Gasteiger partial charge in [0, 0.05) is 25.2 Å². The summed E-state index contributed by atoms with van der Waals surface area (Å²) in [7, 11) is -4.07. The third kappa shape index (κ3) is 8.04. The van der Waals surface area contributed by atoms with Crippen molar-refractivity contribution in [2.24, 2.45) is 11.8 Å². The highest BCUT2D eigenvalue weighted by molar-refractivity contribution is 7.89. The number of alkyl carbamates (subject to hydrolysis) is 1. The third-order valence-electron chi connectivity index (χ3n) is 8.43. The number of aryl methyl sites for hydroxylation is 1. The number of aromatic nitrogens is 1. The molecule has 14 nitrogen and oxygen atoms in total. The minimum absolute atomic E-state index is 0.00646. The Kier molecular flexibility index (Phi) is 10.4. The minimum Gasteiger partial charge on any atom is -0.487 e. The number of hydrogen-bond acceptors (Lipinski definition) is 12. The fraction of sp³-hybridized carbons (Fsp3) is 0.515. The van der Waals surface area contributed by atoms with E-state index in [2.05, 4.69) is 10.5 Å². The fourth-order valence-electron chi connectivity index (χ4n) is 5.96. The number of nitrogens with zero attached hydrogens (tertiary/aromatic N) is 2. The fourth-order valence-corrected chi connectivity index (χ4v) is 7.60. The van der Waals surface area contributed by atoms with E-state index in [4.69, 9.17) is 32.9 Å². The number of benzene rings is 2. The van der Waals surface area contributed by atoms with Crippen LogP contribution in [-0.2, 0) is 37.3 Å². The van der Waals surface area contributed by atoms with Crippen molar-refractivity contribution in [2.75, 3.05) is 39.7 Å². The Morgan fingerprint density at radius 2 is 1.85 bits per heavy atom. The van der Waals surface area contributed by atoms with E-state index in [-0.39, 0.29) is 62.4 Å². The normalized spacial score (nSPS) is 21.3. The summed E-state index contributed by atoms with van der Waals surface area (Å²) in [5, 5.41) is 18.4. The molecular weight excluding hydrogens is 646 g/mol. The van der Waals surface area contributed by atoms with E-state index in [9.17, 15) is 18.3 Å². The molecule has 3 aromatic rings. The molecule has 15 heteroatoms. The highest BCUT2D eigenvalue weighted by Gasteiger charge is 2.44. The molecule has 4 heterocycles. The predicted molar refractivity (Wildman–Crippen MR) is 169 cm³/mol. The van der Waals surface area contributed by atoms with Gasteiger partial charge in [-0.25, -0.2) is 13.2 Å². The number of nitrogens with one attached hydrogen (secondary N) is 1. The van der Waals surface area contributed by atoms with Gasteiger partial charge in [-0.3, -0.25) is 0 Å². The summed E-state index contributed by atoms with van der Waals surface area (Å²) in [6, 6.07) is 12.5. The number of hydrogen-bond donors (Lipinski definition) is 2. The van der Waals surface area contributed by atoms with Crippen LogP contribution >= 0.6 is 0 Å². The Morgan fingerprint density at radius 3 is 2.60 bits per heavy atom. The Bertz CT molecular complexity index is 1660. The summed E-state index contributed by atoms with van der Waals surface area (Å²) >= 11 is 0. The number of carbonyl (C=O) groups is 1. The Hall–Kier alpha value is -3.89. The van der Waals surface area contributed by atoms with E-state index in [1.165, 1.54) is 16.4 Å². The number of aliphatic hydroxyl groups excluding tert-OH is 1. The number of amides is 1. The number of aliphatic hydroxyl groups is 1. The summed E-state index contributed by atoms with van der Waals surface area (Å²) in [5.41, 5.74) is 1.43. The lowest BCUT2D eigenvalue weighted by Crippen LogP contribution is -2.51. The standard InChI is InChI=1S/C33H41N3O11S/c1-20(2)13-36(48(39,40)25-8-9-29-30(12-25)45-19-44-29)14-28(37)27(34-33(38)46-32-18-43-31-17-41-16-26(31)32)11-22-4-6-24(7-5-22)42-15-23-10-21(3)47-35-23/h4-10,12,20,26-28,31-32,37H,11,13-19H2,1-3H3,(H,34,38)/t26-,27+,28-,31+,32+/m1/s1. The Balaban J connectivity index is 1.18. The molecule has 5 atom stereocenters. The minimum atomic E-state index is -4.07. The molecule has 2 aromatic carbocycles. The highest BCUT2D eigenvalue weighted by Crippen LogP contribution is 2.35. The van der Waals surface area contributed by atoms with Gasteiger partial charge in [0.05, 0.1) is 48.9 Å². The van der Waals surface area contributed by atoms with Crippen molar-refractivity contribution in [3.05, 3.63) is 65.5 Å². The lowest BCUT2D eigenvalue weighted by Gasteiger charge is -2.31. The molecule has 0 radical (unpaired) electrons. The molecule has 6 rings (SSSR count). The van der Waals surface area contributed by atoms with Crippen molar-refractivity contribution in [2.45, 2.75) is 63.0 Å². The molecule has 1 aromatic heterocycles. The summed E-state index contributed by atoms with van der Waals surface area (Å²) in [6.45, 7) is 6.79. The average molecular weight is 688 g/mol. The second kappa shape index (κ2) is 14.7. The van der Waals surface area contributed by atoms with Crippen LogP contribution < -0.4 is 19.5 Å². The van der Waals surface area contributed by atoms with Gasteiger partial charge in [0.15, 0.2) is 11.5 Å². The molecule has 2 N–H and O–H groups in total. The van der Waals surface area contributed by atoms with Crippen molar-refractivity contribution >= 4 is 16.1 Å². The SMILES string of the molecule is Cc1cc(COc2ccc(C[C@H](NC(=O)O[C@H]3CO[C@H]4COC[C@H]43)[C@H](O)CN(CC(C)C)S(=O)(=O)c3ccc4c(c3)OCO4)cc2)no1. The predicted octanol–water partition coefficient (Wildman–Crippen LogP) is 3.05. The molecule has 1 amide bonds. The van der Waals surface area contributed by atoms with Gasteiger partial charge < -0.3 is 43.4 Å². The second-order valence-corrected chi connectivity index (χ2v) is 14.6. The molecule has 3 aliphatic rings. The summed E-state index contributed by atoms with van der Waals surface area (Å²) in [5.74, 6) is 1.94. The average Bonchev–Trinajstić information content (AvgIpc) is 3.86. The summed E-state index contributed by atoms with van der Waals surface area (Å²) in [6.07, 6.45) is -2.49. The number of ether oxygens (including phenoxy) is 6. The molecule has 0 aliphatic carbocycles. The number of carbonyl (C=O) groups excluding carboxylic acids is 1. The molecule has 2 fully saturated rings. The van der Waals surface area contributed by atoms with E-state index >= 15 is 0 Å². The van der Waals surface area contributed by atoms with Gasteiger partial charge >= 0.3 is 6.09 Å². The summed E-state index contributed by atoms with van der Waals surface area (Å²) in [4.78, 5) is 13.2. The summed E-state index contributed by atoms with van der Waals surface area (Å²) < 4.78 is 67.6. The van der Waals surface area contributed by atoms with Crippen LogP contribution in [0.15, 0.2) is 57.9 Å². The quantitative estimate of drug-likeness (QED) is 0.255. The van der Waals surface area contributed by atoms with Crippen LogP contribution in [0.2, 0.25) is 0 Å². The van der Waals surface area contributed by atoms with Gasteiger partial charge in [-0.15, -0.1) is 0 Å². The smallest absolute Gasteiger partial charge is 0.407 e. The molecule has 0 bridgehead atoms. The van der Waals surface area contributed by atoms with Crippen molar-refractivity contribution in [1.82, 2.24) is 14.8 Å². The zero-order valence-corrected chi connectivity index (χ0v) is 27.9. The van der Waals surface area contributed by atoms with Crippen molar-refractivity contribution in [1.29, 1.82) is 0 Å². The zero-order valence-electron chi connectivity index (χ0n) is 27.1. The molecule has 260 valence electrons. The van der Waals surface area contributed by atoms with Gasteiger partial charge in [0.25, 0.3) is 0 Å². The largest absolute Gasteiger partial charge is 0.487 e. The van der Waals surface area contributed by atoms with E-state index < -0.39 is 34.4 Å². The lowest BCUT2D eigenvalue weighted by molar-refractivity contribution is 0.0271. The first-order valence-electron chi connectivity index (χ1n) is 15.9. The number of fused-ring (bicyclic) bond motifs is 2. The van der Waals surface area contributed by atoms with Crippen LogP contribution in [0.5, 0.6) is 17.2 Å². The van der Waals surface area contributed by atoms with Crippen LogP contribution in [0.25, 0.3) is 0 Å². The van der Waals surface area contributed by atoms with Crippen molar-refractivity contribution in [3.63, 3.8) is 0 Å². The first-order chi connectivity index (χ1) is 23.0. The second-order valence-electron chi connectivity index (χ2n) is 12.6. The van der Waals surface area contributed by atoms with E-state index in [1.54, 1.807) is 31.2 Å². The van der Waals surface area contributed by atoms with Gasteiger partial charge in [0.1, 0.15) is 29.9 Å². The van der Waals surface area contributed by atoms with E-state index in [0.717, 1.165) is 5.56 Å². The molecule has 3 aliphatic heterocycles. The van der Waals surface area contributed by atoms with Gasteiger partial charge in [-0.2, -0.15) is 4.31 Å². The number of rotatable bonds is 14. The van der Waals surface area contributed by atoms with Crippen LogP contribution in [-0.4, -0.2) is 93.1 Å². The highest BCUT2D eigenvalue weighted by atomic mass is 32.2. The maximum atomic E-state index is 13.9. The maximum Gasteiger partial charge on any atom is 0.407 e. The van der Waals surface area contributed by atoms with Crippen LogP contribution in [0.4, 0.5) is 4.79 Å². The molecule has 0 saturated carbocycles. The molecule has 2 saturated heterocycles. The molecule has 0 spiro atoms. The van der Waals surface area contributed by atoms with Crippen LogP contribution in [0.1, 0.15) is 30.9 Å². The van der Waals surface area contributed by atoms with Crippen LogP contribution in [0, 0.1) is 18.8 Å². The zero-order chi connectivity index (χ0) is 33.8. The van der Waals surface area contributed by atoms with Gasteiger partial charge in [-0.1, -0.05) is 31.1 Å². The lowest BCUT2D eigenvalue weighted by atomic mass is 10.0. The van der Waals surface area contributed by atoms with Crippen molar-refractivity contribution < 1.29 is 51.3 Å². The van der Waals surface area contributed by atoms with E-state index in [1.807, 2.05) is 26.0 Å². The van der Waals surface area contributed by atoms with Gasteiger partial charge in [0.2, 0.25) is 16.8 Å².